The van der Waals surface area contributed by atoms with Crippen molar-refractivity contribution in [2.24, 2.45) is 5.41 Å². The minimum atomic E-state index is -0.680. The van der Waals surface area contributed by atoms with Gasteiger partial charge in [0.25, 0.3) is 0 Å². The van der Waals surface area contributed by atoms with E-state index in [1.54, 1.807) is 44.2 Å². The molecule has 1 aliphatic rings. The van der Waals surface area contributed by atoms with Gasteiger partial charge >= 0.3 is 5.97 Å². The Hall–Kier alpha value is -3.27. The van der Waals surface area contributed by atoms with E-state index in [0.29, 0.717) is 11.1 Å². The van der Waals surface area contributed by atoms with Crippen molar-refractivity contribution < 1.29 is 19.1 Å². The van der Waals surface area contributed by atoms with E-state index >= 15 is 0 Å². The van der Waals surface area contributed by atoms with Crippen LogP contribution >= 0.6 is 0 Å². The van der Waals surface area contributed by atoms with Gasteiger partial charge in [-0.05, 0) is 28.8 Å². The van der Waals surface area contributed by atoms with Crippen LogP contribution in [0.3, 0.4) is 0 Å². The van der Waals surface area contributed by atoms with Crippen molar-refractivity contribution in [1.82, 2.24) is 0 Å². The Balaban J connectivity index is 1.62. The lowest BCUT2D eigenvalue weighted by molar-refractivity contribution is -0.138. The molecule has 0 radical (unpaired) electrons. The maximum absolute atomic E-state index is 12.6. The molecule has 0 amide bonds. The molecule has 0 aromatic heterocycles. The lowest BCUT2D eigenvalue weighted by atomic mass is 9.74. The number of ether oxygens (including phenoxy) is 1. The molecule has 1 aliphatic carbocycles. The highest BCUT2D eigenvalue weighted by Crippen LogP contribution is 2.34. The molecule has 0 saturated carbocycles. The van der Waals surface area contributed by atoms with Crippen LogP contribution in [0.4, 0.5) is 0 Å². The Kier molecular flexibility index (Phi) is 5.69. The molecule has 0 fully saturated rings. The lowest BCUT2D eigenvalue weighted by Gasteiger charge is -2.27. The van der Waals surface area contributed by atoms with Crippen LogP contribution in [0.2, 0.25) is 0 Å². The molecule has 0 heterocycles. The number of ketones is 2. The van der Waals surface area contributed by atoms with E-state index in [4.69, 9.17) is 4.74 Å². The van der Waals surface area contributed by atoms with Gasteiger partial charge in [-0.3, -0.25) is 9.59 Å². The van der Waals surface area contributed by atoms with Crippen molar-refractivity contribution in [3.05, 3.63) is 83.4 Å². The van der Waals surface area contributed by atoms with E-state index in [9.17, 15) is 14.4 Å². The maximum atomic E-state index is 12.6. The van der Waals surface area contributed by atoms with E-state index in [-0.39, 0.29) is 24.6 Å². The fraction of sp³-hybridized carbons (Fsp3) is 0.208. The number of carbonyl (C=O) groups excluding carboxylic acids is 3. The highest BCUT2D eigenvalue weighted by Gasteiger charge is 2.36. The van der Waals surface area contributed by atoms with Crippen molar-refractivity contribution in [3.8, 4) is 0 Å². The predicted octanol–water partition coefficient (Wildman–Crippen LogP) is 4.39. The lowest BCUT2D eigenvalue weighted by Crippen LogP contribution is -2.31. The van der Waals surface area contributed by atoms with Crippen molar-refractivity contribution >= 4 is 29.2 Å². The van der Waals surface area contributed by atoms with Crippen LogP contribution in [0, 0.1) is 5.41 Å². The molecule has 3 rings (SSSR count). The van der Waals surface area contributed by atoms with Crippen LogP contribution in [0.25, 0.3) is 11.6 Å². The zero-order chi connectivity index (χ0) is 20.1. The van der Waals surface area contributed by atoms with Gasteiger partial charge in [-0.1, -0.05) is 68.4 Å². The largest absolute Gasteiger partial charge is 0.458 e. The Morgan fingerprint density at radius 3 is 2.39 bits per heavy atom. The number of hydrogen-bond donors (Lipinski definition) is 0. The molecule has 2 aromatic carbocycles. The molecule has 4 heteroatoms. The third-order valence-electron chi connectivity index (χ3n) is 4.64. The van der Waals surface area contributed by atoms with Gasteiger partial charge in [0.05, 0.1) is 0 Å². The van der Waals surface area contributed by atoms with Crippen molar-refractivity contribution in [2.75, 3.05) is 0 Å². The number of allylic oxidation sites excluding steroid dienone is 2. The summed E-state index contributed by atoms with van der Waals surface area (Å²) in [4.78, 5) is 36.4. The van der Waals surface area contributed by atoms with E-state index in [0.717, 1.165) is 11.1 Å². The van der Waals surface area contributed by atoms with Crippen molar-refractivity contribution in [3.63, 3.8) is 0 Å². The van der Waals surface area contributed by atoms with E-state index in [1.807, 2.05) is 30.3 Å². The van der Waals surface area contributed by atoms with Gasteiger partial charge in [-0.15, -0.1) is 0 Å². The second kappa shape index (κ2) is 8.17. The van der Waals surface area contributed by atoms with Gasteiger partial charge in [0, 0.05) is 23.5 Å². The monoisotopic (exact) mass is 374 g/mol. The van der Waals surface area contributed by atoms with E-state index in [2.05, 4.69) is 0 Å². The molecule has 2 aromatic rings. The molecule has 0 aliphatic heterocycles. The molecule has 0 atom stereocenters. The highest BCUT2D eigenvalue weighted by molar-refractivity contribution is 6.30. The normalized spacial score (nSPS) is 16.1. The molecule has 0 bridgehead atoms. The van der Waals surface area contributed by atoms with Crippen LogP contribution in [0.1, 0.15) is 37.0 Å². The van der Waals surface area contributed by atoms with Gasteiger partial charge in [0.2, 0.25) is 0 Å². The van der Waals surface area contributed by atoms with E-state index in [1.165, 1.54) is 12.2 Å². The summed E-state index contributed by atoms with van der Waals surface area (Å²) in [5.74, 6) is -0.495. The smallest absolute Gasteiger partial charge is 0.331 e. The topological polar surface area (TPSA) is 60.4 Å². The number of carbonyl (C=O) groups is 3. The number of rotatable bonds is 5. The summed E-state index contributed by atoms with van der Waals surface area (Å²) in [5.41, 5.74) is 2.19. The first-order valence-electron chi connectivity index (χ1n) is 9.14. The molecule has 0 N–H and O–H groups in total. The fourth-order valence-corrected chi connectivity index (χ4v) is 3.08. The zero-order valence-electron chi connectivity index (χ0n) is 16.0. The number of esters is 1. The van der Waals surface area contributed by atoms with Crippen molar-refractivity contribution in [2.45, 2.75) is 26.9 Å². The zero-order valence-corrected chi connectivity index (χ0v) is 16.0. The highest BCUT2D eigenvalue weighted by atomic mass is 16.5. The molecule has 0 unspecified atom stereocenters. The average molecular weight is 374 g/mol. The predicted molar refractivity (Wildman–Crippen MR) is 108 cm³/mol. The summed E-state index contributed by atoms with van der Waals surface area (Å²) >= 11 is 0. The number of benzene rings is 2. The second-order valence-electron chi connectivity index (χ2n) is 7.46. The van der Waals surface area contributed by atoms with Gasteiger partial charge in [0.1, 0.15) is 6.61 Å². The van der Waals surface area contributed by atoms with Crippen LogP contribution < -0.4 is 0 Å². The first-order valence-corrected chi connectivity index (χ1v) is 9.14. The van der Waals surface area contributed by atoms with Crippen LogP contribution in [-0.4, -0.2) is 17.5 Å². The molecular weight excluding hydrogens is 352 g/mol. The minimum absolute atomic E-state index is 0.0303. The van der Waals surface area contributed by atoms with Gasteiger partial charge in [-0.2, -0.15) is 0 Å². The molecule has 0 saturated heterocycles. The molecular formula is C24H22O4. The summed E-state index contributed by atoms with van der Waals surface area (Å²) in [6.45, 7) is 3.71. The third-order valence-corrected chi connectivity index (χ3v) is 4.64. The van der Waals surface area contributed by atoms with Gasteiger partial charge in [0.15, 0.2) is 11.6 Å². The first kappa shape index (κ1) is 19.5. The van der Waals surface area contributed by atoms with Gasteiger partial charge in [-0.25, -0.2) is 4.79 Å². The Labute approximate surface area is 164 Å². The average Bonchev–Trinajstić information content (AvgIpc) is 2.68. The molecule has 28 heavy (non-hydrogen) atoms. The SMILES string of the molecule is CC1(C)CC(=O)C=C(c2ccc(COC(=O)/C=C/c3ccccc3)cc2)C1=O. The fourth-order valence-electron chi connectivity index (χ4n) is 3.08. The summed E-state index contributed by atoms with van der Waals surface area (Å²) in [5, 5.41) is 0. The van der Waals surface area contributed by atoms with Gasteiger partial charge < -0.3 is 4.74 Å². The summed E-state index contributed by atoms with van der Waals surface area (Å²) in [6, 6.07) is 16.6. The quantitative estimate of drug-likeness (QED) is 0.575. The summed E-state index contributed by atoms with van der Waals surface area (Å²) in [6.07, 6.45) is 4.76. The standard InChI is InChI=1S/C24H22O4/c1-24(2)15-20(25)14-21(23(24)27)19-11-8-18(9-12-19)16-28-22(26)13-10-17-6-4-3-5-7-17/h3-14H,15-16H2,1-2H3/b13-10+. The van der Waals surface area contributed by atoms with Crippen LogP contribution in [0.15, 0.2) is 66.7 Å². The van der Waals surface area contributed by atoms with E-state index < -0.39 is 11.4 Å². The molecule has 4 nitrogen and oxygen atoms in total. The number of Topliss-reactive ketones (excluding diaryl/α,β-unsaturated/α-hetero) is 1. The molecule has 142 valence electrons. The number of hydrogen-bond acceptors (Lipinski definition) is 4. The maximum Gasteiger partial charge on any atom is 0.331 e. The van der Waals surface area contributed by atoms with Crippen LogP contribution in [-0.2, 0) is 25.7 Å². The summed E-state index contributed by atoms with van der Waals surface area (Å²) < 4.78 is 5.25. The summed E-state index contributed by atoms with van der Waals surface area (Å²) in [7, 11) is 0. The first-order chi connectivity index (χ1) is 13.3. The Bertz CT molecular complexity index is 948. The Morgan fingerprint density at radius 1 is 1.04 bits per heavy atom. The third kappa shape index (κ3) is 4.71. The molecule has 0 spiro atoms. The Morgan fingerprint density at radius 2 is 1.71 bits per heavy atom. The van der Waals surface area contributed by atoms with Crippen LogP contribution in [0.5, 0.6) is 0 Å². The minimum Gasteiger partial charge on any atom is -0.458 e. The second-order valence-corrected chi connectivity index (χ2v) is 7.46. The van der Waals surface area contributed by atoms with Crippen molar-refractivity contribution in [1.29, 1.82) is 0 Å².